The first-order valence-corrected chi connectivity index (χ1v) is 9.67. The van der Waals surface area contributed by atoms with Gasteiger partial charge in [-0.3, -0.25) is 4.98 Å². The Morgan fingerprint density at radius 1 is 1.07 bits per heavy atom. The zero-order chi connectivity index (χ0) is 18.8. The van der Waals surface area contributed by atoms with Crippen LogP contribution in [0.4, 0.5) is 11.5 Å². The van der Waals surface area contributed by atoms with Crippen LogP contribution in [0.1, 0.15) is 25.7 Å². The summed E-state index contributed by atoms with van der Waals surface area (Å²) in [5, 5.41) is 4.67. The number of hydrogen-bond acceptors (Lipinski definition) is 5. The van der Waals surface area contributed by atoms with Crippen LogP contribution in [0.3, 0.4) is 0 Å². The first kappa shape index (κ1) is 17.7. The Bertz CT molecular complexity index is 920. The maximum Gasteiger partial charge on any atom is 0.136 e. The molecular formula is C22H27N5. The Balaban J connectivity index is 1.73. The van der Waals surface area contributed by atoms with Crippen molar-refractivity contribution in [1.82, 2.24) is 9.97 Å². The lowest BCUT2D eigenvalue weighted by atomic mass is 9.91. The van der Waals surface area contributed by atoms with Crippen molar-refractivity contribution in [1.29, 1.82) is 0 Å². The van der Waals surface area contributed by atoms with E-state index < -0.39 is 0 Å². The quantitative estimate of drug-likeness (QED) is 0.734. The average molecular weight is 361 g/mol. The van der Waals surface area contributed by atoms with Crippen LogP contribution in [0.2, 0.25) is 0 Å². The van der Waals surface area contributed by atoms with Gasteiger partial charge >= 0.3 is 0 Å². The fourth-order valence-corrected chi connectivity index (χ4v) is 3.78. The number of pyridine rings is 2. The number of nitrogens with one attached hydrogen (secondary N) is 1. The number of hydrogen-bond donors (Lipinski definition) is 2. The molecule has 27 heavy (non-hydrogen) atoms. The van der Waals surface area contributed by atoms with Crippen LogP contribution in [0.25, 0.3) is 22.2 Å². The van der Waals surface area contributed by atoms with E-state index in [-0.39, 0.29) is 12.1 Å². The molecule has 0 aliphatic heterocycles. The summed E-state index contributed by atoms with van der Waals surface area (Å²) in [5.74, 6) is 0.884. The Morgan fingerprint density at radius 3 is 2.59 bits per heavy atom. The second-order valence-corrected chi connectivity index (χ2v) is 7.57. The van der Waals surface area contributed by atoms with Gasteiger partial charge < -0.3 is 16.0 Å². The summed E-state index contributed by atoms with van der Waals surface area (Å²) in [7, 11) is 4.09. The first-order valence-electron chi connectivity index (χ1n) is 9.67. The monoisotopic (exact) mass is 361 g/mol. The summed E-state index contributed by atoms with van der Waals surface area (Å²) in [5.41, 5.74) is 10.5. The molecule has 0 amide bonds. The van der Waals surface area contributed by atoms with E-state index in [1.54, 1.807) is 0 Å². The van der Waals surface area contributed by atoms with Gasteiger partial charge in [0.15, 0.2) is 0 Å². The van der Waals surface area contributed by atoms with E-state index in [4.69, 9.17) is 10.7 Å². The SMILES string of the molecule is CN(C)c1ccc(-c2cc3ncccc3c(N[C@@H]3CCCCC3N)n2)cc1. The second-order valence-electron chi connectivity index (χ2n) is 7.57. The van der Waals surface area contributed by atoms with Crippen molar-refractivity contribution >= 4 is 22.4 Å². The number of nitrogens with zero attached hydrogens (tertiary/aromatic N) is 3. The maximum absolute atomic E-state index is 6.35. The molecule has 3 N–H and O–H groups in total. The molecule has 1 fully saturated rings. The molecule has 2 heterocycles. The minimum absolute atomic E-state index is 0.176. The summed E-state index contributed by atoms with van der Waals surface area (Å²) in [6, 6.07) is 15.0. The lowest BCUT2D eigenvalue weighted by molar-refractivity contribution is 0.403. The van der Waals surface area contributed by atoms with E-state index in [0.717, 1.165) is 40.8 Å². The molecule has 0 radical (unpaired) electrons. The highest BCUT2D eigenvalue weighted by molar-refractivity contribution is 5.92. The molecule has 1 aromatic carbocycles. The Kier molecular flexibility index (Phi) is 4.94. The van der Waals surface area contributed by atoms with Crippen molar-refractivity contribution in [3.05, 3.63) is 48.7 Å². The van der Waals surface area contributed by atoms with Gasteiger partial charge in [-0.25, -0.2) is 4.98 Å². The van der Waals surface area contributed by atoms with Crippen LogP contribution >= 0.6 is 0 Å². The van der Waals surface area contributed by atoms with Gasteiger partial charge in [0.25, 0.3) is 0 Å². The Hall–Kier alpha value is -2.66. The fourth-order valence-electron chi connectivity index (χ4n) is 3.78. The van der Waals surface area contributed by atoms with E-state index >= 15 is 0 Å². The average Bonchev–Trinajstić information content (AvgIpc) is 2.69. The van der Waals surface area contributed by atoms with Gasteiger partial charge in [0.2, 0.25) is 0 Å². The highest BCUT2D eigenvalue weighted by Crippen LogP contribution is 2.29. The van der Waals surface area contributed by atoms with Crippen LogP contribution in [0, 0.1) is 0 Å². The number of fused-ring (bicyclic) bond motifs is 1. The third kappa shape index (κ3) is 3.74. The molecule has 0 spiro atoms. The third-order valence-electron chi connectivity index (χ3n) is 5.42. The molecule has 2 aromatic heterocycles. The lowest BCUT2D eigenvalue weighted by Gasteiger charge is -2.30. The van der Waals surface area contributed by atoms with E-state index in [1.165, 1.54) is 18.5 Å². The van der Waals surface area contributed by atoms with Crippen molar-refractivity contribution in [3.8, 4) is 11.3 Å². The molecule has 5 nitrogen and oxygen atoms in total. The smallest absolute Gasteiger partial charge is 0.136 e. The third-order valence-corrected chi connectivity index (χ3v) is 5.42. The van der Waals surface area contributed by atoms with Crippen molar-refractivity contribution in [2.24, 2.45) is 5.73 Å². The zero-order valence-corrected chi connectivity index (χ0v) is 16.0. The van der Waals surface area contributed by atoms with Crippen LogP contribution < -0.4 is 16.0 Å². The number of aromatic nitrogens is 2. The van der Waals surface area contributed by atoms with Crippen molar-refractivity contribution < 1.29 is 0 Å². The molecule has 0 bridgehead atoms. The summed E-state index contributed by atoms with van der Waals surface area (Å²) < 4.78 is 0. The molecule has 2 atom stereocenters. The summed E-state index contributed by atoms with van der Waals surface area (Å²) in [4.78, 5) is 11.6. The largest absolute Gasteiger partial charge is 0.378 e. The number of rotatable bonds is 4. The standard InChI is InChI=1S/C22H27N5/c1-27(2)16-11-9-15(10-12-16)20-14-21-17(6-5-13-24-21)22(26-20)25-19-8-4-3-7-18(19)23/h5-6,9-14,18-19H,3-4,7-8,23H2,1-2H3,(H,25,26)/t18?,19-/m1/s1. The van der Waals surface area contributed by atoms with E-state index in [1.807, 2.05) is 26.4 Å². The molecule has 140 valence electrons. The number of nitrogens with two attached hydrogens (primary N) is 1. The Labute approximate surface area is 160 Å². The summed E-state index contributed by atoms with van der Waals surface area (Å²) in [6.07, 6.45) is 6.42. The van der Waals surface area contributed by atoms with E-state index in [2.05, 4.69) is 51.6 Å². The molecule has 1 saturated carbocycles. The van der Waals surface area contributed by atoms with Gasteiger partial charge in [0.1, 0.15) is 5.82 Å². The lowest BCUT2D eigenvalue weighted by Crippen LogP contribution is -2.42. The van der Waals surface area contributed by atoms with Crippen molar-refractivity contribution in [2.45, 2.75) is 37.8 Å². The van der Waals surface area contributed by atoms with Gasteiger partial charge in [-0.1, -0.05) is 25.0 Å². The maximum atomic E-state index is 6.35. The number of anilines is 2. The molecule has 1 aliphatic carbocycles. The molecule has 0 saturated heterocycles. The van der Waals surface area contributed by atoms with Crippen LogP contribution in [-0.2, 0) is 0 Å². The van der Waals surface area contributed by atoms with E-state index in [9.17, 15) is 0 Å². The molecule has 1 unspecified atom stereocenters. The van der Waals surface area contributed by atoms with E-state index in [0.29, 0.717) is 0 Å². The summed E-state index contributed by atoms with van der Waals surface area (Å²) in [6.45, 7) is 0. The molecule has 3 aromatic rings. The number of benzene rings is 1. The summed E-state index contributed by atoms with van der Waals surface area (Å²) >= 11 is 0. The van der Waals surface area contributed by atoms with Gasteiger partial charge in [0, 0.05) is 49.0 Å². The van der Waals surface area contributed by atoms with Gasteiger partial charge in [0.05, 0.1) is 11.2 Å². The topological polar surface area (TPSA) is 67.1 Å². The van der Waals surface area contributed by atoms with Crippen LogP contribution in [-0.4, -0.2) is 36.1 Å². The zero-order valence-electron chi connectivity index (χ0n) is 16.0. The fraction of sp³-hybridized carbons (Fsp3) is 0.364. The molecular weight excluding hydrogens is 334 g/mol. The normalized spacial score (nSPS) is 19.8. The van der Waals surface area contributed by atoms with Crippen molar-refractivity contribution in [3.63, 3.8) is 0 Å². The predicted octanol–water partition coefficient (Wildman–Crippen LogP) is 4.04. The molecule has 5 heteroatoms. The predicted molar refractivity (Wildman–Crippen MR) is 113 cm³/mol. The van der Waals surface area contributed by atoms with Crippen LogP contribution in [0.5, 0.6) is 0 Å². The highest BCUT2D eigenvalue weighted by Gasteiger charge is 2.23. The van der Waals surface area contributed by atoms with Gasteiger partial charge in [-0.05, 0) is 43.2 Å². The second kappa shape index (κ2) is 7.53. The Morgan fingerprint density at radius 2 is 1.85 bits per heavy atom. The van der Waals surface area contributed by atoms with Crippen LogP contribution in [0.15, 0.2) is 48.7 Å². The molecule has 4 rings (SSSR count). The minimum atomic E-state index is 0.176. The first-order chi connectivity index (χ1) is 13.1. The molecule has 1 aliphatic rings. The minimum Gasteiger partial charge on any atom is -0.378 e. The highest BCUT2D eigenvalue weighted by atomic mass is 15.1. The van der Waals surface area contributed by atoms with Gasteiger partial charge in [-0.15, -0.1) is 0 Å². The van der Waals surface area contributed by atoms with Crippen molar-refractivity contribution in [2.75, 3.05) is 24.3 Å². The van der Waals surface area contributed by atoms with Gasteiger partial charge in [-0.2, -0.15) is 0 Å².